The number of thiophene rings is 1. The second kappa shape index (κ2) is 5.40. The number of aromatic nitrogens is 5. The molecule has 0 aliphatic carbocycles. The molecule has 3 aromatic rings. The topological polar surface area (TPSA) is 69.6 Å². The largest absolute Gasteiger partial charge is 0.418 e. The molecule has 3 rings (SSSR count). The Morgan fingerprint density at radius 1 is 1.32 bits per heavy atom. The van der Waals surface area contributed by atoms with Crippen molar-refractivity contribution >= 4 is 38.9 Å². The van der Waals surface area contributed by atoms with Gasteiger partial charge in [0, 0.05) is 0 Å². The zero-order valence-electron chi connectivity index (χ0n) is 9.45. The van der Waals surface area contributed by atoms with E-state index in [1.54, 1.807) is 10.9 Å². The van der Waals surface area contributed by atoms with Crippen LogP contribution in [0, 0.1) is 0 Å². The molecule has 0 N–H and O–H groups in total. The summed E-state index contributed by atoms with van der Waals surface area (Å²) in [4.78, 5) is 0.922. The fraction of sp³-hybridized carbons (Fsp3) is 0.200. The van der Waals surface area contributed by atoms with Crippen LogP contribution >= 0.6 is 38.9 Å². The summed E-state index contributed by atoms with van der Waals surface area (Å²) in [5, 5.41) is 15.8. The Morgan fingerprint density at radius 3 is 2.89 bits per heavy atom. The second-order valence-electron chi connectivity index (χ2n) is 3.65. The van der Waals surface area contributed by atoms with Gasteiger partial charge < -0.3 is 4.42 Å². The van der Waals surface area contributed by atoms with E-state index in [9.17, 15) is 0 Å². The molecule has 0 saturated heterocycles. The standard InChI is InChI=1S/C10H7BrClN5OS/c11-8-2-1-7(19-8)10-15-14-9(18-10)5-17-4-6(3-12)13-16-17/h1-2,4H,3,5H2. The van der Waals surface area contributed by atoms with Crippen LogP contribution in [0.1, 0.15) is 11.6 Å². The van der Waals surface area contributed by atoms with Gasteiger partial charge in [-0.25, -0.2) is 4.68 Å². The smallest absolute Gasteiger partial charge is 0.257 e. The summed E-state index contributed by atoms with van der Waals surface area (Å²) in [5.41, 5.74) is 0.712. The van der Waals surface area contributed by atoms with Crippen molar-refractivity contribution in [2.75, 3.05) is 0 Å². The molecule has 0 fully saturated rings. The molecule has 0 atom stereocenters. The van der Waals surface area contributed by atoms with Crippen LogP contribution in [0.3, 0.4) is 0 Å². The van der Waals surface area contributed by atoms with Crippen molar-refractivity contribution in [3.05, 3.63) is 33.7 Å². The van der Waals surface area contributed by atoms with Crippen LogP contribution in [0.2, 0.25) is 0 Å². The molecule has 0 bridgehead atoms. The third-order valence-corrected chi connectivity index (χ3v) is 4.16. The fourth-order valence-electron chi connectivity index (χ4n) is 1.46. The molecule has 0 aliphatic heterocycles. The monoisotopic (exact) mass is 359 g/mol. The Morgan fingerprint density at radius 2 is 2.21 bits per heavy atom. The maximum atomic E-state index is 5.66. The van der Waals surface area contributed by atoms with Crippen molar-refractivity contribution in [3.8, 4) is 10.8 Å². The van der Waals surface area contributed by atoms with Crippen molar-refractivity contribution in [1.82, 2.24) is 25.2 Å². The fourth-order valence-corrected chi connectivity index (χ4v) is 2.89. The summed E-state index contributed by atoms with van der Waals surface area (Å²) < 4.78 is 8.20. The average Bonchev–Trinajstić information content (AvgIpc) is 3.10. The average molecular weight is 361 g/mol. The molecule has 3 heterocycles. The highest BCUT2D eigenvalue weighted by Crippen LogP contribution is 2.30. The van der Waals surface area contributed by atoms with Crippen molar-refractivity contribution in [3.63, 3.8) is 0 Å². The zero-order chi connectivity index (χ0) is 13.2. The van der Waals surface area contributed by atoms with Gasteiger partial charge in [-0.05, 0) is 28.1 Å². The summed E-state index contributed by atoms with van der Waals surface area (Å²) >= 11 is 10.6. The Bertz CT molecular complexity index is 693. The molecular weight excluding hydrogens is 354 g/mol. The molecule has 3 aromatic heterocycles. The molecule has 0 unspecified atom stereocenters. The first-order chi connectivity index (χ1) is 9.24. The van der Waals surface area contributed by atoms with E-state index in [1.165, 1.54) is 11.3 Å². The molecule has 98 valence electrons. The molecule has 6 nitrogen and oxygen atoms in total. The van der Waals surface area contributed by atoms with E-state index in [4.69, 9.17) is 16.0 Å². The Hall–Kier alpha value is -1.25. The highest BCUT2D eigenvalue weighted by atomic mass is 79.9. The lowest BCUT2D eigenvalue weighted by Gasteiger charge is -1.92. The van der Waals surface area contributed by atoms with E-state index in [-0.39, 0.29) is 0 Å². The van der Waals surface area contributed by atoms with Crippen molar-refractivity contribution in [2.45, 2.75) is 12.4 Å². The predicted molar refractivity (Wildman–Crippen MR) is 74.0 cm³/mol. The summed E-state index contributed by atoms with van der Waals surface area (Å²) in [5.74, 6) is 1.31. The van der Waals surface area contributed by atoms with Gasteiger partial charge in [0.15, 0.2) is 0 Å². The van der Waals surface area contributed by atoms with E-state index in [2.05, 4.69) is 36.4 Å². The third kappa shape index (κ3) is 2.85. The number of hydrogen-bond donors (Lipinski definition) is 0. The van der Waals surface area contributed by atoms with Crippen molar-refractivity contribution in [1.29, 1.82) is 0 Å². The van der Waals surface area contributed by atoms with Gasteiger partial charge in [-0.2, -0.15) is 0 Å². The van der Waals surface area contributed by atoms with Crippen LogP contribution in [0.4, 0.5) is 0 Å². The quantitative estimate of drug-likeness (QED) is 0.669. The number of hydrogen-bond acceptors (Lipinski definition) is 6. The summed E-state index contributed by atoms with van der Waals surface area (Å²) in [6.07, 6.45) is 1.75. The van der Waals surface area contributed by atoms with E-state index < -0.39 is 0 Å². The van der Waals surface area contributed by atoms with Gasteiger partial charge in [0.25, 0.3) is 5.89 Å². The van der Waals surface area contributed by atoms with Gasteiger partial charge in [0.2, 0.25) is 5.89 Å². The predicted octanol–water partition coefficient (Wildman–Crippen LogP) is 2.94. The minimum atomic E-state index is 0.332. The first kappa shape index (κ1) is 12.8. The number of alkyl halides is 1. The van der Waals surface area contributed by atoms with Gasteiger partial charge in [-0.1, -0.05) is 5.21 Å². The Kier molecular flexibility index (Phi) is 3.63. The Balaban J connectivity index is 1.78. The van der Waals surface area contributed by atoms with E-state index in [1.807, 2.05) is 12.1 Å². The molecule has 0 radical (unpaired) electrons. The maximum absolute atomic E-state index is 5.66. The van der Waals surface area contributed by atoms with Crippen molar-refractivity contribution < 1.29 is 4.42 Å². The van der Waals surface area contributed by atoms with Crippen LogP contribution in [0.25, 0.3) is 10.8 Å². The van der Waals surface area contributed by atoms with Crippen LogP contribution in [0.5, 0.6) is 0 Å². The van der Waals surface area contributed by atoms with Gasteiger partial charge in [-0.15, -0.1) is 38.2 Å². The van der Waals surface area contributed by atoms with Crippen LogP contribution in [0.15, 0.2) is 26.5 Å². The van der Waals surface area contributed by atoms with Crippen LogP contribution in [-0.2, 0) is 12.4 Å². The second-order valence-corrected chi connectivity index (χ2v) is 6.38. The first-order valence-electron chi connectivity index (χ1n) is 5.27. The summed E-state index contributed by atoms with van der Waals surface area (Å²) in [6.45, 7) is 0.378. The zero-order valence-corrected chi connectivity index (χ0v) is 12.6. The third-order valence-electron chi connectivity index (χ3n) is 2.27. The molecule has 0 aliphatic rings. The number of halogens is 2. The van der Waals surface area contributed by atoms with Gasteiger partial charge in [0.05, 0.1) is 26.4 Å². The highest BCUT2D eigenvalue weighted by Gasteiger charge is 2.11. The highest BCUT2D eigenvalue weighted by molar-refractivity contribution is 9.11. The van der Waals surface area contributed by atoms with Gasteiger partial charge in [-0.3, -0.25) is 0 Å². The van der Waals surface area contributed by atoms with E-state index in [0.29, 0.717) is 29.9 Å². The molecule has 9 heteroatoms. The van der Waals surface area contributed by atoms with E-state index in [0.717, 1.165) is 8.66 Å². The molecular formula is C10H7BrClN5OS. The van der Waals surface area contributed by atoms with E-state index >= 15 is 0 Å². The lowest BCUT2D eigenvalue weighted by molar-refractivity contribution is 0.470. The summed E-state index contributed by atoms with van der Waals surface area (Å²) in [7, 11) is 0. The molecule has 0 saturated carbocycles. The normalized spacial score (nSPS) is 11.1. The number of nitrogens with zero attached hydrogens (tertiary/aromatic N) is 5. The van der Waals surface area contributed by atoms with Gasteiger partial charge >= 0.3 is 0 Å². The summed E-state index contributed by atoms with van der Waals surface area (Å²) in [6, 6.07) is 3.86. The maximum Gasteiger partial charge on any atom is 0.257 e. The van der Waals surface area contributed by atoms with Crippen LogP contribution < -0.4 is 0 Å². The Labute approximate surface area is 125 Å². The minimum absolute atomic E-state index is 0.332. The first-order valence-corrected chi connectivity index (χ1v) is 7.42. The lowest BCUT2D eigenvalue weighted by Crippen LogP contribution is -2.00. The molecule has 19 heavy (non-hydrogen) atoms. The molecule has 0 spiro atoms. The van der Waals surface area contributed by atoms with Crippen LogP contribution in [-0.4, -0.2) is 25.2 Å². The number of rotatable bonds is 4. The molecule has 0 aromatic carbocycles. The molecule has 0 amide bonds. The van der Waals surface area contributed by atoms with Crippen molar-refractivity contribution in [2.24, 2.45) is 0 Å². The minimum Gasteiger partial charge on any atom is -0.418 e. The van der Waals surface area contributed by atoms with Gasteiger partial charge in [0.1, 0.15) is 6.54 Å². The SMILES string of the molecule is ClCc1cn(Cc2nnc(-c3ccc(Br)s3)o2)nn1. The lowest BCUT2D eigenvalue weighted by atomic mass is 10.5.